The highest BCUT2D eigenvalue weighted by atomic mass is 79.9. The smallest absolute Gasteiger partial charge is 0.465 e. The van der Waals surface area contributed by atoms with Crippen LogP contribution in [0, 0.1) is 0 Å². The molecule has 0 atom stereocenters. The molecule has 0 bridgehead atoms. The van der Waals surface area contributed by atoms with E-state index < -0.39 is 68.0 Å². The van der Waals surface area contributed by atoms with Gasteiger partial charge in [0.1, 0.15) is 5.41 Å². The fourth-order valence-electron chi connectivity index (χ4n) is 1.97. The highest BCUT2D eigenvalue weighted by Gasteiger charge is 2.54. The molecule has 0 aliphatic rings. The Morgan fingerprint density at radius 1 is 0.871 bits per heavy atom. The number of alkyl halides is 6. The average Bonchev–Trinajstić information content (AvgIpc) is 2.61. The zero-order valence-corrected chi connectivity index (χ0v) is 18.4. The van der Waals surface area contributed by atoms with Gasteiger partial charge >= 0.3 is 37.2 Å². The Balaban J connectivity index is 3.58. The lowest BCUT2D eigenvalue weighted by Gasteiger charge is -2.31. The quantitative estimate of drug-likeness (QED) is 0.194. The molecule has 0 fully saturated rings. The van der Waals surface area contributed by atoms with Crippen molar-refractivity contribution in [3.05, 3.63) is 34.3 Å². The van der Waals surface area contributed by atoms with Crippen molar-refractivity contribution in [3.63, 3.8) is 0 Å². The number of carbonyl (C=O) groups is 1. The third kappa shape index (κ3) is 6.53. The molecule has 0 aromatic heterocycles. The molecule has 0 unspecified atom stereocenters. The second-order valence-electron chi connectivity index (χ2n) is 5.63. The van der Waals surface area contributed by atoms with Crippen molar-refractivity contribution in [2.24, 2.45) is 0 Å². The van der Waals surface area contributed by atoms with Crippen LogP contribution in [0.25, 0.3) is 0 Å². The molecule has 0 heterocycles. The topological polar surface area (TPSA) is 113 Å². The van der Waals surface area contributed by atoms with E-state index in [0.29, 0.717) is 4.47 Å². The highest BCUT2D eigenvalue weighted by molar-refractivity contribution is 9.10. The first-order valence-corrected chi connectivity index (χ1v) is 11.4. The van der Waals surface area contributed by atoms with Crippen LogP contribution >= 0.6 is 15.9 Å². The van der Waals surface area contributed by atoms with E-state index in [0.717, 1.165) is 12.1 Å². The fraction of sp³-hybridized carbons (Fsp3) is 0.500. The summed E-state index contributed by atoms with van der Waals surface area (Å²) < 4.78 is 134. The highest BCUT2D eigenvalue weighted by Crippen LogP contribution is 2.34. The van der Waals surface area contributed by atoms with Crippen LogP contribution in [0.15, 0.2) is 28.7 Å². The van der Waals surface area contributed by atoms with Gasteiger partial charge in [-0.25, -0.2) is 0 Å². The van der Waals surface area contributed by atoms with E-state index in [1.165, 1.54) is 19.1 Å². The van der Waals surface area contributed by atoms with Gasteiger partial charge in [0.2, 0.25) is 0 Å². The van der Waals surface area contributed by atoms with Crippen LogP contribution in [-0.4, -0.2) is 53.6 Å². The second-order valence-corrected chi connectivity index (χ2v) is 9.76. The summed E-state index contributed by atoms with van der Waals surface area (Å²) in [6, 6.07) is 4.38. The summed E-state index contributed by atoms with van der Waals surface area (Å²) in [6.45, 7) is -2.77. The minimum absolute atomic E-state index is 0.349. The third-order valence-corrected chi connectivity index (χ3v) is 6.07. The van der Waals surface area contributed by atoms with Gasteiger partial charge in [0, 0.05) is 4.47 Å². The molecule has 0 radical (unpaired) electrons. The van der Waals surface area contributed by atoms with Gasteiger partial charge in [-0.15, -0.1) is 0 Å². The van der Waals surface area contributed by atoms with E-state index in [4.69, 9.17) is 0 Å². The summed E-state index contributed by atoms with van der Waals surface area (Å²) in [5, 5.41) is 0. The largest absolute Gasteiger partial charge is 0.523 e. The molecule has 0 saturated heterocycles. The van der Waals surface area contributed by atoms with Crippen molar-refractivity contribution in [1.29, 1.82) is 0 Å². The van der Waals surface area contributed by atoms with E-state index in [2.05, 4.69) is 29.0 Å². The van der Waals surface area contributed by atoms with Gasteiger partial charge < -0.3 is 4.74 Å². The predicted octanol–water partition coefficient (Wildman–Crippen LogP) is 2.98. The maximum absolute atomic E-state index is 12.6. The summed E-state index contributed by atoms with van der Waals surface area (Å²) >= 11 is 3.01. The number of halogens is 7. The Hall–Kier alpha value is -1.43. The first kappa shape index (κ1) is 27.6. The van der Waals surface area contributed by atoms with Crippen LogP contribution in [0.4, 0.5) is 26.3 Å². The Bertz CT molecular complexity index is 939. The average molecular weight is 567 g/mol. The lowest BCUT2D eigenvalue weighted by atomic mass is 9.82. The lowest BCUT2D eigenvalue weighted by Crippen LogP contribution is -2.48. The molecule has 0 amide bonds. The second kappa shape index (κ2) is 9.60. The molecule has 0 aliphatic heterocycles. The van der Waals surface area contributed by atoms with Crippen molar-refractivity contribution in [2.45, 2.75) is 23.4 Å². The van der Waals surface area contributed by atoms with Gasteiger partial charge in [-0.05, 0) is 24.6 Å². The van der Waals surface area contributed by atoms with Crippen LogP contribution in [-0.2, 0) is 43.5 Å². The Kier molecular flexibility index (Phi) is 8.55. The molecule has 0 N–H and O–H groups in total. The van der Waals surface area contributed by atoms with Gasteiger partial charge in [-0.3, -0.25) is 13.2 Å². The monoisotopic (exact) mass is 566 g/mol. The van der Waals surface area contributed by atoms with Crippen LogP contribution in [0.2, 0.25) is 0 Å². The maximum atomic E-state index is 12.6. The summed E-state index contributed by atoms with van der Waals surface area (Å²) in [5.74, 6) is -1.59. The van der Waals surface area contributed by atoms with Gasteiger partial charge in [-0.2, -0.15) is 43.2 Å². The number of benzene rings is 1. The molecule has 0 saturated carbocycles. The maximum Gasteiger partial charge on any atom is 0.523 e. The lowest BCUT2D eigenvalue weighted by molar-refractivity contribution is -0.153. The Morgan fingerprint density at radius 3 is 1.58 bits per heavy atom. The molecule has 17 heteroatoms. The minimum Gasteiger partial charge on any atom is -0.465 e. The van der Waals surface area contributed by atoms with Crippen molar-refractivity contribution in [1.82, 2.24) is 0 Å². The SMILES string of the molecule is CCOC(=O)C(COS(=O)(=O)C(F)(F)F)(COS(=O)(=O)C(F)(F)F)c1ccc(Br)cc1. The summed E-state index contributed by atoms with van der Waals surface area (Å²) in [5.41, 5.74) is -15.2. The van der Waals surface area contributed by atoms with Crippen molar-refractivity contribution >= 4 is 42.1 Å². The molecule has 0 spiro atoms. The van der Waals surface area contributed by atoms with Crippen LogP contribution in [0.5, 0.6) is 0 Å². The summed E-state index contributed by atoms with van der Waals surface area (Å²) in [4.78, 5) is 12.5. The molecule has 1 rings (SSSR count). The van der Waals surface area contributed by atoms with Crippen molar-refractivity contribution < 1.29 is 61.1 Å². The van der Waals surface area contributed by atoms with E-state index >= 15 is 0 Å². The number of ether oxygens (including phenoxy) is 1. The first-order chi connectivity index (χ1) is 13.9. The van der Waals surface area contributed by atoms with E-state index in [1.54, 1.807) is 0 Å². The van der Waals surface area contributed by atoms with Gasteiger partial charge in [-0.1, -0.05) is 28.1 Å². The zero-order valence-electron chi connectivity index (χ0n) is 15.2. The molecular formula is C14H13BrF6O8S2. The molecule has 1 aromatic carbocycles. The fourth-order valence-corrected chi connectivity index (χ4v) is 3.22. The first-order valence-electron chi connectivity index (χ1n) is 7.74. The number of hydrogen-bond acceptors (Lipinski definition) is 8. The van der Waals surface area contributed by atoms with E-state index in [-0.39, 0.29) is 0 Å². The van der Waals surface area contributed by atoms with Crippen LogP contribution in [0.3, 0.4) is 0 Å². The number of esters is 1. The summed E-state index contributed by atoms with van der Waals surface area (Å²) in [7, 11) is -12.6. The number of hydrogen-bond donors (Lipinski definition) is 0. The summed E-state index contributed by atoms with van der Waals surface area (Å²) in [6.07, 6.45) is 0. The molecule has 178 valence electrons. The number of rotatable bonds is 9. The minimum atomic E-state index is -6.32. The molecule has 8 nitrogen and oxygen atoms in total. The van der Waals surface area contributed by atoms with Crippen molar-refractivity contribution in [3.8, 4) is 0 Å². The third-order valence-electron chi connectivity index (χ3n) is 3.55. The van der Waals surface area contributed by atoms with Gasteiger partial charge in [0.05, 0.1) is 19.8 Å². The van der Waals surface area contributed by atoms with Crippen LogP contribution in [0.1, 0.15) is 12.5 Å². The van der Waals surface area contributed by atoms with Gasteiger partial charge in [0.25, 0.3) is 0 Å². The standard InChI is InChI=1S/C14H13BrF6O8S2/c1-2-27-11(22)12(9-3-5-10(15)6-4-9,7-28-30(23,24)13(16,17)18)8-29-31(25,26)14(19,20)21/h3-6H,2,7-8H2,1H3. The van der Waals surface area contributed by atoms with E-state index in [9.17, 15) is 48.0 Å². The number of carbonyl (C=O) groups excluding carboxylic acids is 1. The van der Waals surface area contributed by atoms with Crippen molar-refractivity contribution in [2.75, 3.05) is 19.8 Å². The van der Waals surface area contributed by atoms with E-state index in [1.807, 2.05) is 0 Å². The van der Waals surface area contributed by atoms with Crippen LogP contribution < -0.4 is 0 Å². The molecule has 0 aliphatic carbocycles. The van der Waals surface area contributed by atoms with Gasteiger partial charge in [0.15, 0.2) is 0 Å². The Labute approximate surface area is 180 Å². The molecule has 1 aromatic rings. The Morgan fingerprint density at radius 2 is 1.26 bits per heavy atom. The normalized spacial score (nSPS) is 13.8. The molecule has 31 heavy (non-hydrogen) atoms. The molecular weight excluding hydrogens is 554 g/mol. The zero-order chi connectivity index (χ0) is 24.3. The predicted molar refractivity (Wildman–Crippen MR) is 94.3 cm³/mol.